The number of fused-ring (bicyclic) bond motifs is 1. The number of ether oxygens (including phenoxy) is 1. The van der Waals surface area contributed by atoms with Crippen molar-refractivity contribution < 1.29 is 31.8 Å². The van der Waals surface area contributed by atoms with Crippen LogP contribution in [0.4, 0.5) is 8.78 Å². The largest absolute Gasteiger partial charge is 0.496 e. The first-order chi connectivity index (χ1) is 15.7. The van der Waals surface area contributed by atoms with Gasteiger partial charge in [0.25, 0.3) is 16.4 Å². The summed E-state index contributed by atoms with van der Waals surface area (Å²) < 4.78 is 57.5. The van der Waals surface area contributed by atoms with Crippen molar-refractivity contribution in [2.75, 3.05) is 13.7 Å². The van der Waals surface area contributed by atoms with Gasteiger partial charge < -0.3 is 14.7 Å². The van der Waals surface area contributed by atoms with E-state index in [1.807, 2.05) is 0 Å². The number of methoxy groups -OCH3 is 1. The molecule has 1 aliphatic rings. The van der Waals surface area contributed by atoms with Gasteiger partial charge in [0, 0.05) is 30.1 Å². The van der Waals surface area contributed by atoms with Gasteiger partial charge in [-0.15, -0.1) is 0 Å². The van der Waals surface area contributed by atoms with Crippen LogP contribution in [0, 0.1) is 0 Å². The molecular formula is C20H21F2N5O5S. The number of aliphatic hydroxyl groups excluding tert-OH is 1. The Morgan fingerprint density at radius 1 is 1.24 bits per heavy atom. The summed E-state index contributed by atoms with van der Waals surface area (Å²) in [6, 6.07) is 6.90. The van der Waals surface area contributed by atoms with Crippen molar-refractivity contribution in [1.29, 1.82) is 0 Å². The Kier molecular flexibility index (Phi) is 6.17. The van der Waals surface area contributed by atoms with Crippen molar-refractivity contribution in [2.24, 2.45) is 0 Å². The number of aliphatic hydroxyl groups is 1. The second-order valence-corrected chi connectivity index (χ2v) is 9.23. The van der Waals surface area contributed by atoms with Crippen LogP contribution in [-0.2, 0) is 34.5 Å². The molecule has 1 N–H and O–H groups in total. The molecule has 10 nitrogen and oxygen atoms in total. The number of benzene rings is 1. The van der Waals surface area contributed by atoms with E-state index >= 15 is 0 Å². The second kappa shape index (κ2) is 8.90. The van der Waals surface area contributed by atoms with Gasteiger partial charge in [0.1, 0.15) is 17.2 Å². The molecular weight excluding hydrogens is 460 g/mol. The minimum absolute atomic E-state index is 0.0625. The van der Waals surface area contributed by atoms with E-state index in [1.165, 1.54) is 18.2 Å². The van der Waals surface area contributed by atoms with Crippen LogP contribution >= 0.6 is 0 Å². The van der Waals surface area contributed by atoms with Crippen LogP contribution in [0.1, 0.15) is 22.7 Å². The van der Waals surface area contributed by atoms with Gasteiger partial charge >= 0.3 is 0 Å². The first-order valence-electron chi connectivity index (χ1n) is 9.90. The maximum atomic E-state index is 13.1. The summed E-state index contributed by atoms with van der Waals surface area (Å²) in [4.78, 5) is 14.3. The van der Waals surface area contributed by atoms with Crippen LogP contribution < -0.4 is 4.74 Å². The molecule has 3 aromatic rings. The number of rotatable bonds is 8. The maximum absolute atomic E-state index is 13.1. The lowest BCUT2D eigenvalue weighted by atomic mass is 9.97. The Balaban J connectivity index is 1.52. The van der Waals surface area contributed by atoms with E-state index in [0.717, 1.165) is 21.2 Å². The summed E-state index contributed by atoms with van der Waals surface area (Å²) in [5.74, 6) is -0.713. The fourth-order valence-electron chi connectivity index (χ4n) is 3.72. The monoisotopic (exact) mass is 481 g/mol. The predicted molar refractivity (Wildman–Crippen MR) is 110 cm³/mol. The van der Waals surface area contributed by atoms with Crippen molar-refractivity contribution >= 4 is 15.9 Å². The molecule has 0 saturated carbocycles. The molecule has 1 atom stereocenters. The minimum atomic E-state index is -4.13. The molecule has 0 unspecified atom stereocenters. The van der Waals surface area contributed by atoms with Gasteiger partial charge in [-0.25, -0.2) is 8.78 Å². The normalized spacial score (nSPS) is 14.5. The number of carbonyl (C=O) groups is 1. The molecule has 4 rings (SSSR count). The number of hydrogen-bond acceptors (Lipinski definition) is 7. The van der Waals surface area contributed by atoms with Gasteiger partial charge in [0.15, 0.2) is 0 Å². The highest BCUT2D eigenvalue weighted by molar-refractivity contribution is 7.89. The Bertz CT molecular complexity index is 1250. The van der Waals surface area contributed by atoms with Gasteiger partial charge in [-0.2, -0.15) is 22.7 Å². The van der Waals surface area contributed by atoms with Crippen LogP contribution in [0.2, 0.25) is 0 Å². The number of para-hydroxylation sites is 1. The highest BCUT2D eigenvalue weighted by Gasteiger charge is 2.34. The van der Waals surface area contributed by atoms with Crippen molar-refractivity contribution in [1.82, 2.24) is 23.9 Å². The Labute approximate surface area is 188 Å². The molecule has 0 aliphatic carbocycles. The molecule has 0 radical (unpaired) electrons. The van der Waals surface area contributed by atoms with Crippen molar-refractivity contribution in [2.45, 2.75) is 36.9 Å². The van der Waals surface area contributed by atoms with Gasteiger partial charge in [0.2, 0.25) is 5.91 Å². The lowest BCUT2D eigenvalue weighted by molar-refractivity contribution is -0.134. The molecule has 0 spiro atoms. The number of halogens is 2. The Morgan fingerprint density at radius 3 is 2.67 bits per heavy atom. The third kappa shape index (κ3) is 4.33. The van der Waals surface area contributed by atoms with Crippen molar-refractivity contribution in [3.63, 3.8) is 0 Å². The quantitative estimate of drug-likeness (QED) is 0.514. The molecule has 0 fully saturated rings. The Hall–Kier alpha value is -3.32. The zero-order valence-corrected chi connectivity index (χ0v) is 18.3. The van der Waals surface area contributed by atoms with Gasteiger partial charge in [-0.05, 0) is 6.07 Å². The Morgan fingerprint density at radius 2 is 2.00 bits per heavy atom. The molecule has 1 amide bonds. The number of carbonyl (C=O) groups excluding carboxylic acids is 1. The third-order valence-corrected chi connectivity index (χ3v) is 6.83. The van der Waals surface area contributed by atoms with E-state index in [2.05, 4.69) is 10.2 Å². The molecule has 0 saturated heterocycles. The summed E-state index contributed by atoms with van der Waals surface area (Å²) in [5, 5.41) is 17.6. The van der Waals surface area contributed by atoms with Crippen LogP contribution in [0.25, 0.3) is 0 Å². The maximum Gasteiger partial charge on any atom is 0.286 e. The fourth-order valence-corrected chi connectivity index (χ4v) is 4.84. The van der Waals surface area contributed by atoms with Crippen molar-refractivity contribution in [3.8, 4) is 5.75 Å². The fraction of sp³-hybridized carbons (Fsp3) is 0.350. The second-order valence-electron chi connectivity index (χ2n) is 7.44. The molecule has 1 aromatic carbocycles. The zero-order valence-electron chi connectivity index (χ0n) is 17.5. The summed E-state index contributed by atoms with van der Waals surface area (Å²) >= 11 is 0. The van der Waals surface area contributed by atoms with Gasteiger partial charge in [-0.1, -0.05) is 18.2 Å². The molecule has 1 aliphatic heterocycles. The lowest BCUT2D eigenvalue weighted by Crippen LogP contribution is -2.33. The van der Waals surface area contributed by atoms with E-state index in [-0.39, 0.29) is 23.9 Å². The summed E-state index contributed by atoms with van der Waals surface area (Å²) in [7, 11) is -2.65. The summed E-state index contributed by atoms with van der Waals surface area (Å²) in [5.41, 5.74) is 1.47. The molecule has 33 heavy (non-hydrogen) atoms. The van der Waals surface area contributed by atoms with E-state index in [1.54, 1.807) is 24.3 Å². The van der Waals surface area contributed by atoms with Crippen LogP contribution in [0.5, 0.6) is 5.75 Å². The number of hydrogen-bond donors (Lipinski definition) is 1. The minimum Gasteiger partial charge on any atom is -0.496 e. The van der Waals surface area contributed by atoms with Crippen LogP contribution in [-0.4, -0.2) is 63.4 Å². The summed E-state index contributed by atoms with van der Waals surface area (Å²) in [6.07, 6.45) is 0.623. The zero-order chi connectivity index (χ0) is 23.8. The standard InChI is InChI=1S/C20H21F2N5O5S/c1-32-18-5-3-2-4-15(18)16(12-28)20(29)25-7-13-8-27(24-17(13)10-25)33(30,31)14-6-23-26(9-14)11-19(21)22/h2-6,8-9,16,19,28H,7,10-12H2,1H3/t16-/m0/s1. The molecule has 13 heteroatoms. The SMILES string of the molecule is COc1ccccc1[C@H](CO)C(=O)N1Cc2cn(S(=O)(=O)c3cnn(CC(F)F)c3)nc2C1. The predicted octanol–water partition coefficient (Wildman–Crippen LogP) is 1.21. The van der Waals surface area contributed by atoms with E-state index < -0.39 is 35.5 Å². The summed E-state index contributed by atoms with van der Waals surface area (Å²) in [6.45, 7) is -0.974. The van der Waals surface area contributed by atoms with E-state index in [0.29, 0.717) is 22.6 Å². The molecule has 0 bridgehead atoms. The topological polar surface area (TPSA) is 120 Å². The molecule has 3 heterocycles. The number of alkyl halides is 2. The van der Waals surface area contributed by atoms with Crippen molar-refractivity contribution in [3.05, 3.63) is 59.7 Å². The molecule has 2 aromatic heterocycles. The van der Waals surface area contributed by atoms with Crippen LogP contribution in [0.15, 0.2) is 47.8 Å². The van der Waals surface area contributed by atoms with Crippen LogP contribution in [0.3, 0.4) is 0 Å². The van der Waals surface area contributed by atoms with E-state index in [9.17, 15) is 27.1 Å². The number of amides is 1. The number of aromatic nitrogens is 4. The average Bonchev–Trinajstić information content (AvgIpc) is 3.49. The first-order valence-corrected chi connectivity index (χ1v) is 11.3. The molecule has 176 valence electrons. The number of nitrogens with zero attached hydrogens (tertiary/aromatic N) is 5. The highest BCUT2D eigenvalue weighted by Crippen LogP contribution is 2.31. The van der Waals surface area contributed by atoms with E-state index in [4.69, 9.17) is 4.74 Å². The van der Waals surface area contributed by atoms with Gasteiger partial charge in [-0.3, -0.25) is 9.48 Å². The first kappa shape index (κ1) is 22.9. The highest BCUT2D eigenvalue weighted by atomic mass is 32.2. The smallest absolute Gasteiger partial charge is 0.286 e. The lowest BCUT2D eigenvalue weighted by Gasteiger charge is -2.23. The third-order valence-electron chi connectivity index (χ3n) is 5.34. The van der Waals surface area contributed by atoms with Gasteiger partial charge in [0.05, 0.1) is 38.1 Å². The average molecular weight is 481 g/mol.